The van der Waals surface area contributed by atoms with E-state index in [0.29, 0.717) is 0 Å². The molecule has 64 heavy (non-hydrogen) atoms. The van der Waals surface area contributed by atoms with Crippen LogP contribution in [0.25, 0.3) is 55.3 Å². The maximum absolute atomic E-state index is 6.50. The molecule has 4 heteroatoms. The van der Waals surface area contributed by atoms with Crippen molar-refractivity contribution >= 4 is 56.1 Å². The van der Waals surface area contributed by atoms with Gasteiger partial charge < -0.3 is 19.0 Å². The van der Waals surface area contributed by atoms with Crippen molar-refractivity contribution < 1.29 is 9.15 Å². The van der Waals surface area contributed by atoms with E-state index in [1.165, 1.54) is 5.56 Å². The molecule has 2 unspecified atom stereocenters. The highest BCUT2D eigenvalue weighted by molar-refractivity contribution is 6.09. The Morgan fingerprint density at radius 1 is 0.344 bits per heavy atom. The molecule has 2 atom stereocenters. The van der Waals surface area contributed by atoms with E-state index in [2.05, 4.69) is 240 Å². The Bertz CT molecular complexity index is 3330. The monoisotopic (exact) mass is 822 g/mol. The van der Waals surface area contributed by atoms with E-state index in [9.17, 15) is 0 Å². The van der Waals surface area contributed by atoms with Crippen molar-refractivity contribution in [2.75, 3.05) is 9.80 Å². The first-order valence-electron chi connectivity index (χ1n) is 21.9. The average Bonchev–Trinajstić information content (AvgIpc) is 3.95. The highest BCUT2D eigenvalue weighted by Crippen LogP contribution is 2.47. The number of rotatable bonds is 9. The minimum atomic E-state index is 0.0555. The summed E-state index contributed by atoms with van der Waals surface area (Å²) in [4.78, 5) is 4.62. The van der Waals surface area contributed by atoms with Gasteiger partial charge >= 0.3 is 0 Å². The predicted octanol–water partition coefficient (Wildman–Crippen LogP) is 16.5. The van der Waals surface area contributed by atoms with Gasteiger partial charge in [-0.05, 0) is 107 Å². The fraction of sp³-hybridized carbons (Fsp3) is 0.0333. The first-order valence-corrected chi connectivity index (χ1v) is 21.9. The second-order valence-electron chi connectivity index (χ2n) is 16.4. The Morgan fingerprint density at radius 3 is 1.39 bits per heavy atom. The molecule has 4 nitrogen and oxygen atoms in total. The Kier molecular flexibility index (Phi) is 9.27. The van der Waals surface area contributed by atoms with Crippen LogP contribution in [0.5, 0.6) is 5.75 Å². The summed E-state index contributed by atoms with van der Waals surface area (Å²) in [5.41, 5.74) is 16.3. The molecule has 10 aromatic rings. The molecule has 1 aliphatic heterocycles. The topological polar surface area (TPSA) is 28.9 Å². The van der Waals surface area contributed by atoms with Crippen LogP contribution in [0, 0.1) is 0 Å². The van der Waals surface area contributed by atoms with Crippen molar-refractivity contribution in [3.63, 3.8) is 0 Å². The normalized spacial score (nSPS) is 14.9. The summed E-state index contributed by atoms with van der Waals surface area (Å²) in [7, 11) is 0. The molecule has 0 bridgehead atoms. The third-order valence-corrected chi connectivity index (χ3v) is 12.6. The third-order valence-electron chi connectivity index (χ3n) is 12.6. The molecule has 0 N–H and O–H groups in total. The maximum Gasteiger partial charge on any atom is 0.143 e. The number of hydrogen-bond donors (Lipinski definition) is 0. The molecule has 0 fully saturated rings. The number of furan rings is 1. The van der Waals surface area contributed by atoms with Gasteiger partial charge in [-0.3, -0.25) is 0 Å². The molecule has 9 aromatic carbocycles. The number of fused-ring (bicyclic) bond motifs is 6. The van der Waals surface area contributed by atoms with Gasteiger partial charge in [-0.25, -0.2) is 0 Å². The summed E-state index contributed by atoms with van der Waals surface area (Å²) in [6.07, 6.45) is 8.65. The third kappa shape index (κ3) is 6.64. The van der Waals surface area contributed by atoms with Crippen molar-refractivity contribution in [1.82, 2.24) is 0 Å². The number of hydrogen-bond acceptors (Lipinski definition) is 4. The van der Waals surface area contributed by atoms with Gasteiger partial charge in [0.2, 0.25) is 0 Å². The maximum atomic E-state index is 6.50. The zero-order valence-corrected chi connectivity index (χ0v) is 35.0. The van der Waals surface area contributed by atoms with Gasteiger partial charge in [-0.15, -0.1) is 0 Å². The molecule has 1 aliphatic carbocycles. The minimum absolute atomic E-state index is 0.0555. The van der Waals surface area contributed by atoms with Crippen LogP contribution in [0.2, 0.25) is 0 Å². The summed E-state index contributed by atoms with van der Waals surface area (Å²) in [5.74, 6) is 1.25. The van der Waals surface area contributed by atoms with Crippen molar-refractivity contribution in [3.8, 4) is 39.1 Å². The molecule has 0 saturated heterocycles. The lowest BCUT2D eigenvalue weighted by atomic mass is 9.90. The number of anilines is 6. The van der Waals surface area contributed by atoms with Crippen molar-refractivity contribution in [3.05, 3.63) is 248 Å². The van der Waals surface area contributed by atoms with E-state index in [1.54, 1.807) is 0 Å². The lowest BCUT2D eigenvalue weighted by molar-refractivity contribution is 0.270. The Labute approximate surface area is 372 Å². The lowest BCUT2D eigenvalue weighted by Gasteiger charge is -2.26. The Hall–Kier alpha value is -8.34. The summed E-state index contributed by atoms with van der Waals surface area (Å²) in [6, 6.07) is 77.7. The molecule has 0 amide bonds. The highest BCUT2D eigenvalue weighted by atomic mass is 16.5. The second kappa shape index (κ2) is 15.8. The summed E-state index contributed by atoms with van der Waals surface area (Å²) in [5, 5.41) is 2.27. The quantitative estimate of drug-likeness (QED) is 0.145. The van der Waals surface area contributed by atoms with Gasteiger partial charge in [0.25, 0.3) is 0 Å². The van der Waals surface area contributed by atoms with E-state index in [4.69, 9.17) is 9.15 Å². The molecule has 0 saturated carbocycles. The van der Waals surface area contributed by atoms with Gasteiger partial charge in [-0.1, -0.05) is 158 Å². The van der Waals surface area contributed by atoms with Crippen molar-refractivity contribution in [2.24, 2.45) is 0 Å². The van der Waals surface area contributed by atoms with Crippen LogP contribution in [-0.4, -0.2) is 6.10 Å². The predicted molar refractivity (Wildman–Crippen MR) is 265 cm³/mol. The van der Waals surface area contributed by atoms with Gasteiger partial charge in [0, 0.05) is 67.5 Å². The fourth-order valence-corrected chi connectivity index (χ4v) is 9.50. The van der Waals surface area contributed by atoms with Crippen LogP contribution in [-0.2, 0) is 0 Å². The van der Waals surface area contributed by atoms with Crippen LogP contribution in [0.1, 0.15) is 11.5 Å². The first kappa shape index (κ1) is 37.4. The average molecular weight is 823 g/mol. The summed E-state index contributed by atoms with van der Waals surface area (Å²) < 4.78 is 12.9. The Balaban J connectivity index is 0.824. The van der Waals surface area contributed by atoms with Gasteiger partial charge in [-0.2, -0.15) is 0 Å². The number of nitrogens with zero attached hydrogens (tertiary/aromatic N) is 2. The van der Waals surface area contributed by atoms with E-state index >= 15 is 0 Å². The highest BCUT2D eigenvalue weighted by Gasteiger charge is 2.33. The van der Waals surface area contributed by atoms with Crippen molar-refractivity contribution in [2.45, 2.75) is 12.0 Å². The van der Waals surface area contributed by atoms with Crippen LogP contribution in [0.4, 0.5) is 34.1 Å². The lowest BCUT2D eigenvalue weighted by Crippen LogP contribution is -2.15. The Morgan fingerprint density at radius 2 is 0.797 bits per heavy atom. The van der Waals surface area contributed by atoms with E-state index < -0.39 is 0 Å². The molecule has 2 aliphatic rings. The molecule has 0 spiro atoms. The van der Waals surface area contributed by atoms with Gasteiger partial charge in [0.1, 0.15) is 23.0 Å². The molecular formula is C60H42N2O2. The number of para-hydroxylation sites is 5. The number of ether oxygens (including phenoxy) is 1. The molecule has 0 radical (unpaired) electrons. The largest absolute Gasteiger partial charge is 0.484 e. The zero-order valence-electron chi connectivity index (χ0n) is 35.0. The first-order chi connectivity index (χ1) is 31.7. The van der Waals surface area contributed by atoms with E-state index in [1.807, 2.05) is 12.1 Å². The van der Waals surface area contributed by atoms with Gasteiger partial charge in [0.15, 0.2) is 0 Å². The van der Waals surface area contributed by atoms with Crippen LogP contribution in [0.3, 0.4) is 0 Å². The summed E-state index contributed by atoms with van der Waals surface area (Å²) >= 11 is 0. The summed E-state index contributed by atoms with van der Waals surface area (Å²) in [6.45, 7) is 0. The van der Waals surface area contributed by atoms with Gasteiger partial charge in [0.05, 0.1) is 0 Å². The van der Waals surface area contributed by atoms with Crippen molar-refractivity contribution in [1.29, 1.82) is 0 Å². The van der Waals surface area contributed by atoms with Crippen LogP contribution < -0.4 is 14.5 Å². The van der Waals surface area contributed by atoms with E-state index in [-0.39, 0.29) is 12.0 Å². The minimum Gasteiger partial charge on any atom is -0.484 e. The fourth-order valence-electron chi connectivity index (χ4n) is 9.50. The van der Waals surface area contributed by atoms with Crippen LogP contribution in [0.15, 0.2) is 247 Å². The molecule has 304 valence electrons. The SMILES string of the molecule is C1=CC2Oc3c(-c4ccc(N(c5ccccc5)c5ccc(-c6ccc(N(c7ccccc7)c7ccc(-c8cccc9c8oc8ccccc89)cc7)cc6)cc5)cc4)cccc3C2C=C1. The zero-order chi connectivity index (χ0) is 42.4. The molecule has 2 heterocycles. The molecule has 1 aromatic heterocycles. The van der Waals surface area contributed by atoms with Crippen LogP contribution >= 0.6 is 0 Å². The molecule has 12 rings (SSSR count). The smallest absolute Gasteiger partial charge is 0.143 e. The number of allylic oxidation sites excluding steroid dienone is 2. The molecular weight excluding hydrogens is 781 g/mol. The standard InChI is InChI=1S/C60H42N2O2/c1-3-13-45(14-4-1)61(49-37-29-43(30-38-49)51-19-11-21-55-53-17-7-9-23-57(53)63-59(51)55)47-33-25-41(26-34-47)42-27-35-48(36-28-42)62(46-15-5-2-6-16-46)50-39-31-44(32-40-50)52-20-12-22-56-54-18-8-10-24-58(54)64-60(52)56/h1-40,53,57H. The van der Waals surface area contributed by atoms with E-state index in [0.717, 1.165) is 95.2 Å². The number of benzene rings is 9. The second-order valence-corrected chi connectivity index (χ2v) is 16.4.